The maximum absolute atomic E-state index is 12.7. The molecule has 0 aromatic heterocycles. The van der Waals surface area contributed by atoms with Gasteiger partial charge in [-0.05, 0) is 35.5 Å². The predicted octanol–water partition coefficient (Wildman–Crippen LogP) is 2.99. The standard InChI is InChI=1S/C19H16N2O4S/c1-3-21-18(24)15(11-16(22)25-2)26-19(21)20-17(23)14-10-6-8-12-7-4-5-9-13(12)14/h4-11H,3H2,1-2H3/b15-11-,20-19?. The molecule has 7 heteroatoms. The zero-order chi connectivity index (χ0) is 18.7. The lowest BCUT2D eigenvalue weighted by Gasteiger charge is -2.11. The number of nitrogens with zero attached hydrogens (tertiary/aromatic N) is 2. The molecule has 26 heavy (non-hydrogen) atoms. The van der Waals surface area contributed by atoms with Gasteiger partial charge in [0.25, 0.3) is 11.8 Å². The van der Waals surface area contributed by atoms with Crippen molar-refractivity contribution >= 4 is 45.5 Å². The van der Waals surface area contributed by atoms with Gasteiger partial charge < -0.3 is 4.74 Å². The van der Waals surface area contributed by atoms with E-state index in [-0.39, 0.29) is 16.0 Å². The van der Waals surface area contributed by atoms with Crippen LogP contribution in [0.5, 0.6) is 0 Å². The molecule has 1 aliphatic rings. The molecule has 0 N–H and O–H groups in total. The van der Waals surface area contributed by atoms with E-state index in [1.54, 1.807) is 19.1 Å². The number of carbonyl (C=O) groups excluding carboxylic acids is 3. The topological polar surface area (TPSA) is 76.0 Å². The first-order chi connectivity index (χ1) is 12.5. The molecule has 0 aliphatic carbocycles. The molecule has 0 radical (unpaired) electrons. The van der Waals surface area contributed by atoms with Crippen molar-refractivity contribution in [2.45, 2.75) is 6.92 Å². The number of likely N-dealkylation sites (N-methyl/N-ethyl adjacent to an activating group) is 1. The third-order valence-electron chi connectivity index (χ3n) is 3.87. The summed E-state index contributed by atoms with van der Waals surface area (Å²) >= 11 is 0.989. The van der Waals surface area contributed by atoms with E-state index in [1.165, 1.54) is 12.0 Å². The van der Waals surface area contributed by atoms with Gasteiger partial charge in [-0.1, -0.05) is 36.4 Å². The second-order valence-corrected chi connectivity index (χ2v) is 6.42. The molecule has 2 aromatic carbocycles. The Hall–Kier alpha value is -2.93. The number of methoxy groups -OCH3 is 1. The smallest absolute Gasteiger partial charge is 0.331 e. The number of carbonyl (C=O) groups is 3. The van der Waals surface area contributed by atoms with Crippen molar-refractivity contribution in [2.75, 3.05) is 13.7 Å². The molecule has 1 heterocycles. The number of benzene rings is 2. The lowest BCUT2D eigenvalue weighted by atomic mass is 10.0. The quantitative estimate of drug-likeness (QED) is 0.615. The minimum atomic E-state index is -0.626. The van der Waals surface area contributed by atoms with Crippen molar-refractivity contribution in [3.8, 4) is 0 Å². The summed E-state index contributed by atoms with van der Waals surface area (Å²) in [5.74, 6) is -1.43. The number of hydrogen-bond acceptors (Lipinski definition) is 5. The van der Waals surface area contributed by atoms with E-state index in [2.05, 4.69) is 9.73 Å². The van der Waals surface area contributed by atoms with Gasteiger partial charge in [-0.3, -0.25) is 14.5 Å². The number of fused-ring (bicyclic) bond motifs is 1. The Morgan fingerprint density at radius 1 is 1.19 bits per heavy atom. The Morgan fingerprint density at radius 2 is 1.92 bits per heavy atom. The molecule has 0 spiro atoms. The zero-order valence-electron chi connectivity index (χ0n) is 14.3. The van der Waals surface area contributed by atoms with Gasteiger partial charge in [0, 0.05) is 18.2 Å². The molecule has 0 unspecified atom stereocenters. The molecule has 2 amide bonds. The fraction of sp³-hybridized carbons (Fsp3) is 0.158. The summed E-state index contributed by atoms with van der Waals surface area (Å²) in [5.41, 5.74) is 0.463. The maximum Gasteiger partial charge on any atom is 0.331 e. The number of amidine groups is 1. The van der Waals surface area contributed by atoms with E-state index in [0.717, 1.165) is 28.6 Å². The minimum Gasteiger partial charge on any atom is -0.466 e. The van der Waals surface area contributed by atoms with Crippen LogP contribution in [0, 0.1) is 0 Å². The minimum absolute atomic E-state index is 0.183. The Labute approximate surface area is 154 Å². The van der Waals surface area contributed by atoms with Gasteiger partial charge in [0.15, 0.2) is 5.17 Å². The maximum atomic E-state index is 12.7. The van der Waals surface area contributed by atoms with Crippen molar-refractivity contribution in [1.29, 1.82) is 0 Å². The molecule has 0 saturated carbocycles. The van der Waals surface area contributed by atoms with Crippen LogP contribution >= 0.6 is 11.8 Å². The summed E-state index contributed by atoms with van der Waals surface area (Å²) in [6.07, 6.45) is 1.11. The molecule has 1 aliphatic heterocycles. The van der Waals surface area contributed by atoms with E-state index in [4.69, 9.17) is 0 Å². The van der Waals surface area contributed by atoms with E-state index >= 15 is 0 Å². The molecule has 132 valence electrons. The van der Waals surface area contributed by atoms with Crippen LogP contribution in [0.2, 0.25) is 0 Å². The van der Waals surface area contributed by atoms with Crippen LogP contribution in [-0.4, -0.2) is 41.5 Å². The largest absolute Gasteiger partial charge is 0.466 e. The highest BCUT2D eigenvalue weighted by Gasteiger charge is 2.33. The van der Waals surface area contributed by atoms with Crippen LogP contribution < -0.4 is 0 Å². The summed E-state index contributed by atoms with van der Waals surface area (Å²) in [5, 5.41) is 1.99. The van der Waals surface area contributed by atoms with Gasteiger partial charge in [0.05, 0.1) is 12.0 Å². The lowest BCUT2D eigenvalue weighted by Crippen LogP contribution is -2.29. The second kappa shape index (κ2) is 7.53. The molecular formula is C19H16N2O4S. The van der Waals surface area contributed by atoms with Crippen LogP contribution in [0.3, 0.4) is 0 Å². The average Bonchev–Trinajstić information content (AvgIpc) is 2.95. The molecule has 3 rings (SSSR count). The van der Waals surface area contributed by atoms with Crippen LogP contribution in [0.1, 0.15) is 17.3 Å². The predicted molar refractivity (Wildman–Crippen MR) is 101 cm³/mol. The van der Waals surface area contributed by atoms with Crippen LogP contribution in [0.4, 0.5) is 0 Å². The summed E-state index contributed by atoms with van der Waals surface area (Å²) < 4.78 is 4.56. The van der Waals surface area contributed by atoms with E-state index in [9.17, 15) is 14.4 Å². The van der Waals surface area contributed by atoms with Crippen LogP contribution in [0.15, 0.2) is 58.4 Å². The normalized spacial score (nSPS) is 17.3. The SMILES string of the molecule is CCN1C(=O)/C(=C/C(=O)OC)SC1=NC(=O)c1cccc2ccccc12. The van der Waals surface area contributed by atoms with Crippen molar-refractivity contribution in [1.82, 2.24) is 4.90 Å². The molecule has 0 bridgehead atoms. The van der Waals surface area contributed by atoms with Gasteiger partial charge in [0.2, 0.25) is 0 Å². The number of thioether (sulfide) groups is 1. The highest BCUT2D eigenvalue weighted by molar-refractivity contribution is 8.18. The first-order valence-corrected chi connectivity index (χ1v) is 8.77. The van der Waals surface area contributed by atoms with E-state index in [0.29, 0.717) is 12.1 Å². The Morgan fingerprint density at radius 3 is 2.65 bits per heavy atom. The van der Waals surface area contributed by atoms with Gasteiger partial charge >= 0.3 is 5.97 Å². The number of rotatable bonds is 3. The highest BCUT2D eigenvalue weighted by Crippen LogP contribution is 2.31. The average molecular weight is 368 g/mol. The van der Waals surface area contributed by atoms with Crippen molar-refractivity contribution in [3.05, 3.63) is 59.0 Å². The molecule has 2 aromatic rings. The molecule has 0 atom stereocenters. The van der Waals surface area contributed by atoms with Crippen LogP contribution in [-0.2, 0) is 14.3 Å². The molecule has 1 saturated heterocycles. The summed E-state index contributed by atoms with van der Waals surface area (Å²) in [6, 6.07) is 13.0. The van der Waals surface area contributed by atoms with Gasteiger partial charge in [-0.2, -0.15) is 4.99 Å². The fourth-order valence-corrected chi connectivity index (χ4v) is 3.60. The monoisotopic (exact) mass is 368 g/mol. The lowest BCUT2D eigenvalue weighted by molar-refractivity contribution is -0.135. The summed E-state index contributed by atoms with van der Waals surface area (Å²) in [4.78, 5) is 42.2. The van der Waals surface area contributed by atoms with Crippen molar-refractivity contribution in [3.63, 3.8) is 0 Å². The first-order valence-electron chi connectivity index (χ1n) is 7.95. The Balaban J connectivity index is 1.97. The van der Waals surface area contributed by atoms with Gasteiger partial charge in [-0.25, -0.2) is 4.79 Å². The highest BCUT2D eigenvalue weighted by atomic mass is 32.2. The van der Waals surface area contributed by atoms with Crippen molar-refractivity contribution in [2.24, 2.45) is 4.99 Å². The van der Waals surface area contributed by atoms with Gasteiger partial charge in [0.1, 0.15) is 0 Å². The third kappa shape index (κ3) is 3.39. The van der Waals surface area contributed by atoms with Crippen LogP contribution in [0.25, 0.3) is 10.8 Å². The third-order valence-corrected chi connectivity index (χ3v) is 4.88. The molecular weight excluding hydrogens is 352 g/mol. The first kappa shape index (κ1) is 17.9. The summed E-state index contributed by atoms with van der Waals surface area (Å²) in [6.45, 7) is 2.11. The number of esters is 1. The Kier molecular flexibility index (Phi) is 5.18. The Bertz CT molecular complexity index is 960. The number of amides is 2. The number of hydrogen-bond donors (Lipinski definition) is 0. The molecule has 6 nitrogen and oxygen atoms in total. The number of ether oxygens (including phenoxy) is 1. The zero-order valence-corrected chi connectivity index (χ0v) is 15.1. The number of aliphatic imine (C=N–C) groups is 1. The van der Waals surface area contributed by atoms with E-state index < -0.39 is 11.9 Å². The summed E-state index contributed by atoms with van der Waals surface area (Å²) in [7, 11) is 1.24. The van der Waals surface area contributed by atoms with Gasteiger partial charge in [-0.15, -0.1) is 0 Å². The fourth-order valence-electron chi connectivity index (χ4n) is 2.60. The van der Waals surface area contributed by atoms with Crippen molar-refractivity contribution < 1.29 is 19.1 Å². The second-order valence-electron chi connectivity index (χ2n) is 5.41. The van der Waals surface area contributed by atoms with E-state index in [1.807, 2.05) is 30.3 Å². The molecule has 1 fully saturated rings.